The van der Waals surface area contributed by atoms with E-state index in [-0.39, 0.29) is 0 Å². The first kappa shape index (κ1) is 12.4. The van der Waals surface area contributed by atoms with Gasteiger partial charge >= 0.3 is 0 Å². The second-order valence-corrected chi connectivity index (χ2v) is 5.15. The van der Waals surface area contributed by atoms with Crippen molar-refractivity contribution in [3.8, 4) is 0 Å². The van der Waals surface area contributed by atoms with E-state index in [1.54, 1.807) is 11.8 Å². The van der Waals surface area contributed by atoms with Gasteiger partial charge in [0, 0.05) is 17.0 Å². The summed E-state index contributed by atoms with van der Waals surface area (Å²) in [6.07, 6.45) is -0.449. The third-order valence-corrected chi connectivity index (χ3v) is 3.54. The molecule has 1 aromatic rings. The Balaban J connectivity index is 2.47. The zero-order valence-corrected chi connectivity index (χ0v) is 10.1. The van der Waals surface area contributed by atoms with Crippen LogP contribution in [0, 0.1) is 5.92 Å². The highest BCUT2D eigenvalue weighted by Crippen LogP contribution is 2.23. The van der Waals surface area contributed by atoms with Gasteiger partial charge in [-0.05, 0) is 17.7 Å². The average Bonchev–Trinajstić information content (AvgIpc) is 2.17. The molecule has 1 unspecified atom stereocenters. The Hall–Kier alpha value is -0.670. The largest absolute Gasteiger partial charge is 0.398 e. The van der Waals surface area contributed by atoms with Gasteiger partial charge in [0.05, 0.1) is 6.10 Å². The molecular weight excluding hydrogens is 206 g/mol. The molecule has 84 valence electrons. The molecule has 15 heavy (non-hydrogen) atoms. The highest BCUT2D eigenvalue weighted by molar-refractivity contribution is 7.99. The monoisotopic (exact) mass is 225 g/mol. The molecule has 0 saturated heterocycles. The lowest BCUT2D eigenvalue weighted by Gasteiger charge is -2.13. The lowest BCUT2D eigenvalue weighted by Crippen LogP contribution is -2.05. The van der Waals surface area contributed by atoms with Crippen molar-refractivity contribution in [2.45, 2.75) is 20.0 Å². The maximum Gasteiger partial charge on any atom is 0.0900 e. The standard InChI is InChI=1S/C12H19NOS/c1-9(2)7-15-8-12(14)10-5-3-4-6-11(10)13/h3-6,9,12,14H,7-8,13H2,1-2H3. The van der Waals surface area contributed by atoms with Crippen LogP contribution in [0.25, 0.3) is 0 Å². The van der Waals surface area contributed by atoms with Gasteiger partial charge in [-0.1, -0.05) is 32.0 Å². The lowest BCUT2D eigenvalue weighted by atomic mass is 10.1. The SMILES string of the molecule is CC(C)CSCC(O)c1ccccc1N. The van der Waals surface area contributed by atoms with Gasteiger partial charge in [-0.25, -0.2) is 0 Å². The van der Waals surface area contributed by atoms with Gasteiger partial charge in [-0.15, -0.1) is 0 Å². The molecule has 0 aliphatic carbocycles. The number of nitrogens with two attached hydrogens (primary N) is 1. The van der Waals surface area contributed by atoms with Crippen LogP contribution in [-0.4, -0.2) is 16.6 Å². The first-order chi connectivity index (χ1) is 7.11. The topological polar surface area (TPSA) is 46.2 Å². The number of rotatable bonds is 5. The van der Waals surface area contributed by atoms with Crippen LogP contribution in [0.5, 0.6) is 0 Å². The summed E-state index contributed by atoms with van der Waals surface area (Å²) in [5, 5.41) is 9.91. The number of hydrogen-bond donors (Lipinski definition) is 2. The molecule has 0 bridgehead atoms. The predicted octanol–water partition coefficient (Wildman–Crippen LogP) is 2.69. The fraction of sp³-hybridized carbons (Fsp3) is 0.500. The van der Waals surface area contributed by atoms with E-state index in [0.29, 0.717) is 17.4 Å². The highest BCUT2D eigenvalue weighted by atomic mass is 32.2. The van der Waals surface area contributed by atoms with Gasteiger partial charge in [0.15, 0.2) is 0 Å². The zero-order valence-electron chi connectivity index (χ0n) is 9.31. The van der Waals surface area contributed by atoms with Crippen LogP contribution < -0.4 is 5.73 Å². The molecular formula is C12H19NOS. The molecule has 0 saturated carbocycles. The molecule has 0 aliphatic rings. The Labute approximate surface area is 95.9 Å². The number of thioether (sulfide) groups is 1. The number of anilines is 1. The van der Waals surface area contributed by atoms with E-state index < -0.39 is 6.10 Å². The van der Waals surface area contributed by atoms with Crippen molar-refractivity contribution < 1.29 is 5.11 Å². The van der Waals surface area contributed by atoms with Crippen LogP contribution in [0.2, 0.25) is 0 Å². The van der Waals surface area contributed by atoms with Crippen molar-refractivity contribution in [2.24, 2.45) is 5.92 Å². The van der Waals surface area contributed by atoms with Crippen molar-refractivity contribution in [2.75, 3.05) is 17.2 Å². The Morgan fingerprint density at radius 1 is 1.27 bits per heavy atom. The summed E-state index contributed by atoms with van der Waals surface area (Å²) in [4.78, 5) is 0. The second kappa shape index (κ2) is 6.03. The number of hydrogen-bond acceptors (Lipinski definition) is 3. The molecule has 2 nitrogen and oxygen atoms in total. The van der Waals surface area contributed by atoms with Gasteiger partial charge in [0.2, 0.25) is 0 Å². The minimum atomic E-state index is -0.449. The lowest BCUT2D eigenvalue weighted by molar-refractivity contribution is 0.205. The van der Waals surface area contributed by atoms with Crippen LogP contribution in [0.3, 0.4) is 0 Å². The summed E-state index contributed by atoms with van der Waals surface area (Å²) in [6, 6.07) is 7.50. The minimum absolute atomic E-state index is 0.449. The third-order valence-electron chi connectivity index (χ3n) is 2.08. The van der Waals surface area contributed by atoms with E-state index in [1.165, 1.54) is 0 Å². The van der Waals surface area contributed by atoms with E-state index in [1.807, 2.05) is 24.3 Å². The molecule has 0 aromatic heterocycles. The second-order valence-electron chi connectivity index (χ2n) is 4.08. The molecule has 0 amide bonds. The molecule has 3 N–H and O–H groups in total. The molecule has 1 aromatic carbocycles. The van der Waals surface area contributed by atoms with E-state index in [0.717, 1.165) is 11.3 Å². The Morgan fingerprint density at radius 2 is 1.93 bits per heavy atom. The van der Waals surface area contributed by atoms with Crippen molar-refractivity contribution in [3.05, 3.63) is 29.8 Å². The van der Waals surface area contributed by atoms with Crippen LogP contribution in [0.4, 0.5) is 5.69 Å². The van der Waals surface area contributed by atoms with E-state index in [2.05, 4.69) is 13.8 Å². The van der Waals surface area contributed by atoms with Crippen LogP contribution in [-0.2, 0) is 0 Å². The summed E-state index contributed by atoms with van der Waals surface area (Å²) in [5.74, 6) is 2.45. The van der Waals surface area contributed by atoms with Gasteiger partial charge in [-0.2, -0.15) is 11.8 Å². The van der Waals surface area contributed by atoms with E-state index >= 15 is 0 Å². The number of aliphatic hydroxyl groups excluding tert-OH is 1. The Morgan fingerprint density at radius 3 is 2.53 bits per heavy atom. The summed E-state index contributed by atoms with van der Waals surface area (Å²) in [5.41, 5.74) is 7.30. The average molecular weight is 225 g/mol. The molecule has 1 rings (SSSR count). The fourth-order valence-electron chi connectivity index (χ4n) is 1.32. The fourth-order valence-corrected chi connectivity index (χ4v) is 2.33. The third kappa shape index (κ3) is 4.14. The maximum atomic E-state index is 9.91. The van der Waals surface area contributed by atoms with E-state index in [4.69, 9.17) is 5.73 Å². The zero-order chi connectivity index (χ0) is 11.3. The minimum Gasteiger partial charge on any atom is -0.398 e. The number of nitrogen functional groups attached to an aromatic ring is 1. The maximum absolute atomic E-state index is 9.91. The smallest absolute Gasteiger partial charge is 0.0900 e. The van der Waals surface area contributed by atoms with Crippen molar-refractivity contribution in [1.29, 1.82) is 0 Å². The number of benzene rings is 1. The summed E-state index contributed by atoms with van der Waals surface area (Å²) in [6.45, 7) is 4.35. The molecule has 3 heteroatoms. The molecule has 0 spiro atoms. The molecule has 0 fully saturated rings. The van der Waals surface area contributed by atoms with Crippen molar-refractivity contribution in [3.63, 3.8) is 0 Å². The van der Waals surface area contributed by atoms with Gasteiger partial charge < -0.3 is 10.8 Å². The van der Waals surface area contributed by atoms with Crippen LogP contribution >= 0.6 is 11.8 Å². The molecule has 1 atom stereocenters. The van der Waals surface area contributed by atoms with Crippen molar-refractivity contribution in [1.82, 2.24) is 0 Å². The first-order valence-corrected chi connectivity index (χ1v) is 6.37. The van der Waals surface area contributed by atoms with Gasteiger partial charge in [0.25, 0.3) is 0 Å². The van der Waals surface area contributed by atoms with Gasteiger partial charge in [0.1, 0.15) is 0 Å². The normalized spacial score (nSPS) is 13.1. The van der Waals surface area contributed by atoms with E-state index in [9.17, 15) is 5.11 Å². The Bertz CT molecular complexity index is 301. The quantitative estimate of drug-likeness (QED) is 0.757. The summed E-state index contributed by atoms with van der Waals surface area (Å²) >= 11 is 1.77. The molecule has 0 heterocycles. The molecule has 0 aliphatic heterocycles. The highest BCUT2D eigenvalue weighted by Gasteiger charge is 2.10. The van der Waals surface area contributed by atoms with Crippen LogP contribution in [0.1, 0.15) is 25.5 Å². The van der Waals surface area contributed by atoms with Crippen molar-refractivity contribution >= 4 is 17.4 Å². The number of aliphatic hydroxyl groups is 1. The Kier molecular flexibility index (Phi) is 4.99. The molecule has 0 radical (unpaired) electrons. The van der Waals surface area contributed by atoms with Crippen LogP contribution in [0.15, 0.2) is 24.3 Å². The predicted molar refractivity (Wildman–Crippen MR) is 68.0 cm³/mol. The number of para-hydroxylation sites is 1. The summed E-state index contributed by atoms with van der Waals surface area (Å²) < 4.78 is 0. The summed E-state index contributed by atoms with van der Waals surface area (Å²) in [7, 11) is 0. The van der Waals surface area contributed by atoms with Gasteiger partial charge in [-0.3, -0.25) is 0 Å². The first-order valence-electron chi connectivity index (χ1n) is 5.21.